The fourth-order valence-electron chi connectivity index (χ4n) is 11.1. The summed E-state index contributed by atoms with van der Waals surface area (Å²) in [5.74, 6) is 0. The molecule has 13 rings (SSSR count). The molecule has 0 saturated heterocycles. The molecule has 0 fully saturated rings. The number of hydrogen-bond donors (Lipinski definition) is 0. The highest BCUT2D eigenvalue weighted by Crippen LogP contribution is 2.63. The van der Waals surface area contributed by atoms with Gasteiger partial charge in [-0.2, -0.15) is 0 Å². The van der Waals surface area contributed by atoms with E-state index >= 15 is 0 Å². The molecule has 0 amide bonds. The van der Waals surface area contributed by atoms with E-state index in [1.54, 1.807) is 0 Å². The molecule has 4 heteroatoms. The summed E-state index contributed by atoms with van der Waals surface area (Å²) in [7, 11) is 0. The highest BCUT2D eigenvalue weighted by Gasteiger charge is 2.37. The van der Waals surface area contributed by atoms with Crippen LogP contribution in [0.5, 0.6) is 0 Å². The highest BCUT2D eigenvalue weighted by molar-refractivity contribution is 6.23. The predicted molar refractivity (Wildman–Crippen MR) is 296 cm³/mol. The number of hydrogen-bond acceptors (Lipinski definition) is 4. The second-order valence-corrected chi connectivity index (χ2v) is 17.9. The molecule has 0 atom stereocenters. The molecule has 72 heavy (non-hydrogen) atoms. The van der Waals surface area contributed by atoms with Crippen LogP contribution in [0.1, 0.15) is 0 Å². The molecule has 0 N–H and O–H groups in total. The number of pyridine rings is 4. The monoisotopic (exact) mass is 916 g/mol. The van der Waals surface area contributed by atoms with Crippen LogP contribution >= 0.6 is 0 Å². The van der Waals surface area contributed by atoms with Crippen molar-refractivity contribution in [2.24, 2.45) is 0 Å². The number of nitrogens with zero attached hydrogens (tertiary/aromatic N) is 4. The van der Waals surface area contributed by atoms with E-state index in [-0.39, 0.29) is 0 Å². The Morgan fingerprint density at radius 1 is 0.153 bits per heavy atom. The molecule has 8 aromatic carbocycles. The van der Waals surface area contributed by atoms with Gasteiger partial charge in [-0.25, -0.2) is 0 Å². The standard InChI is InChI=1S/C68H44N4/c1-5-25-45(26-6-1)57-58(46-27-7-2-8-28-46)66(54-38-18-22-42-70-54)62-51-35-15-16-36-52(51)64-63(50-34-14-13-33-49(50)61(62)65(57)53-37-17-21-41-69-53)67(55-39-19-23-43-71-55)59(47-29-9-3-10-30-47)60(48-31-11-4-12-32-48)68(64)56-40-20-24-44-72-56/h1-44H. The minimum Gasteiger partial charge on any atom is -0.256 e. The Balaban J connectivity index is 1.36. The maximum absolute atomic E-state index is 5.29. The number of rotatable bonds is 8. The second-order valence-electron chi connectivity index (χ2n) is 17.9. The molecular formula is C68H44N4. The van der Waals surface area contributed by atoms with Crippen molar-refractivity contribution in [2.45, 2.75) is 0 Å². The Labute approximate surface area is 419 Å². The zero-order valence-electron chi connectivity index (χ0n) is 39.2. The molecule has 4 heterocycles. The summed E-state index contributed by atoms with van der Waals surface area (Å²) in [5.41, 5.74) is 24.8. The van der Waals surface area contributed by atoms with Crippen LogP contribution in [0.3, 0.4) is 0 Å². The van der Waals surface area contributed by atoms with Crippen LogP contribution < -0.4 is 0 Å². The summed E-state index contributed by atoms with van der Waals surface area (Å²) in [6.45, 7) is 0. The molecular weight excluding hydrogens is 873 g/mol. The Hall–Kier alpha value is -9.64. The van der Waals surface area contributed by atoms with Gasteiger partial charge in [0.2, 0.25) is 0 Å². The first kappa shape index (κ1) is 42.5. The molecule has 12 aromatic rings. The second kappa shape index (κ2) is 18.4. The van der Waals surface area contributed by atoms with Crippen molar-refractivity contribution in [3.05, 3.63) is 267 Å². The first-order valence-electron chi connectivity index (χ1n) is 24.4. The van der Waals surface area contributed by atoms with Crippen LogP contribution in [0.25, 0.3) is 134 Å². The molecule has 0 spiro atoms. The molecule has 0 saturated carbocycles. The molecule has 4 aromatic heterocycles. The quantitative estimate of drug-likeness (QED) is 0.152. The van der Waals surface area contributed by atoms with Gasteiger partial charge in [0.15, 0.2) is 0 Å². The number of aromatic nitrogens is 4. The minimum absolute atomic E-state index is 0.869. The van der Waals surface area contributed by atoms with E-state index in [1.807, 2.05) is 49.1 Å². The van der Waals surface area contributed by atoms with E-state index in [2.05, 4.69) is 218 Å². The van der Waals surface area contributed by atoms with Gasteiger partial charge in [-0.1, -0.05) is 194 Å². The summed E-state index contributed by atoms with van der Waals surface area (Å²) < 4.78 is 0. The molecule has 1 aliphatic carbocycles. The van der Waals surface area contributed by atoms with Crippen molar-refractivity contribution in [3.63, 3.8) is 0 Å². The Kier molecular flexibility index (Phi) is 10.8. The zero-order chi connectivity index (χ0) is 47.8. The molecule has 0 unspecified atom stereocenters. The third-order valence-electron chi connectivity index (χ3n) is 13.9. The van der Waals surface area contributed by atoms with Crippen molar-refractivity contribution in [1.82, 2.24) is 19.9 Å². The summed E-state index contributed by atoms with van der Waals surface area (Å²) in [4.78, 5) is 21.2. The predicted octanol–water partition coefficient (Wildman–Crippen LogP) is 17.6. The highest BCUT2D eigenvalue weighted by atomic mass is 14.7. The SMILES string of the molecule is c1ccc(-c2c(-c3ccccc3)c(-c3ccccn3)c3c(c2-c2ccccn2)-c2ccccc2-c2c(-c4ccccn4)c(-c4ccccc4)c(-c4ccccc4)c(-c4ccccn4)c2-c2ccccc2-3)cc1. The summed E-state index contributed by atoms with van der Waals surface area (Å²) in [6.07, 6.45) is 7.66. The van der Waals surface area contributed by atoms with Crippen LogP contribution in [-0.4, -0.2) is 19.9 Å². The van der Waals surface area contributed by atoms with Crippen LogP contribution in [-0.2, 0) is 0 Å². The average Bonchev–Trinajstić information content (AvgIpc) is 3.47. The normalized spacial score (nSPS) is 11.3. The van der Waals surface area contributed by atoms with Crippen molar-refractivity contribution >= 4 is 0 Å². The Bertz CT molecular complexity index is 3390. The summed E-state index contributed by atoms with van der Waals surface area (Å²) in [5, 5.41) is 0. The van der Waals surface area contributed by atoms with E-state index in [4.69, 9.17) is 19.9 Å². The molecule has 1 aliphatic rings. The van der Waals surface area contributed by atoms with Gasteiger partial charge >= 0.3 is 0 Å². The zero-order valence-corrected chi connectivity index (χ0v) is 39.2. The van der Waals surface area contributed by atoms with Crippen molar-refractivity contribution in [2.75, 3.05) is 0 Å². The van der Waals surface area contributed by atoms with Crippen LogP contribution in [0, 0.1) is 0 Å². The van der Waals surface area contributed by atoms with Crippen molar-refractivity contribution in [1.29, 1.82) is 0 Å². The first-order valence-corrected chi connectivity index (χ1v) is 24.4. The van der Waals surface area contributed by atoms with Gasteiger partial charge in [0.1, 0.15) is 0 Å². The summed E-state index contributed by atoms with van der Waals surface area (Å²) in [6, 6.07) is 86.4. The lowest BCUT2D eigenvalue weighted by atomic mass is 9.69. The number of fused-ring (bicyclic) bond motifs is 8. The lowest BCUT2D eigenvalue weighted by molar-refractivity contribution is 1.31. The fraction of sp³-hybridized carbons (Fsp3) is 0. The van der Waals surface area contributed by atoms with E-state index in [1.165, 1.54) is 0 Å². The molecule has 0 aliphatic heterocycles. The fourth-order valence-corrected chi connectivity index (χ4v) is 11.1. The first-order chi connectivity index (χ1) is 35.8. The third-order valence-corrected chi connectivity index (χ3v) is 13.9. The Morgan fingerprint density at radius 2 is 0.347 bits per heavy atom. The smallest absolute Gasteiger partial charge is 0.0714 e. The minimum atomic E-state index is 0.869. The maximum atomic E-state index is 5.29. The Morgan fingerprint density at radius 3 is 0.542 bits per heavy atom. The van der Waals surface area contributed by atoms with Gasteiger partial charge in [-0.05, 0) is 93.0 Å². The average molecular weight is 917 g/mol. The van der Waals surface area contributed by atoms with Gasteiger partial charge in [0.05, 0.1) is 22.8 Å². The van der Waals surface area contributed by atoms with Gasteiger partial charge in [0, 0.05) is 91.5 Å². The van der Waals surface area contributed by atoms with Crippen LogP contribution in [0.4, 0.5) is 0 Å². The molecule has 336 valence electrons. The summed E-state index contributed by atoms with van der Waals surface area (Å²) >= 11 is 0. The lowest BCUT2D eigenvalue weighted by Gasteiger charge is -2.34. The van der Waals surface area contributed by atoms with Gasteiger partial charge in [0.25, 0.3) is 0 Å². The lowest BCUT2D eigenvalue weighted by Crippen LogP contribution is -2.08. The van der Waals surface area contributed by atoms with Gasteiger partial charge in [-0.3, -0.25) is 19.9 Å². The van der Waals surface area contributed by atoms with Crippen LogP contribution in [0.15, 0.2) is 267 Å². The van der Waals surface area contributed by atoms with Crippen molar-refractivity contribution in [3.8, 4) is 134 Å². The van der Waals surface area contributed by atoms with Gasteiger partial charge in [-0.15, -0.1) is 0 Å². The maximum Gasteiger partial charge on any atom is 0.0714 e. The molecule has 0 bridgehead atoms. The van der Waals surface area contributed by atoms with Gasteiger partial charge < -0.3 is 0 Å². The third kappa shape index (κ3) is 7.16. The number of benzene rings is 8. The van der Waals surface area contributed by atoms with Crippen LogP contribution in [0.2, 0.25) is 0 Å². The van der Waals surface area contributed by atoms with E-state index in [0.29, 0.717) is 0 Å². The molecule has 0 radical (unpaired) electrons. The topological polar surface area (TPSA) is 51.6 Å². The molecule has 4 nitrogen and oxygen atoms in total. The largest absolute Gasteiger partial charge is 0.256 e. The van der Waals surface area contributed by atoms with E-state index in [0.717, 1.165) is 134 Å². The van der Waals surface area contributed by atoms with E-state index < -0.39 is 0 Å². The van der Waals surface area contributed by atoms with Crippen molar-refractivity contribution < 1.29 is 0 Å². The van der Waals surface area contributed by atoms with E-state index in [9.17, 15) is 0 Å².